The molecule has 0 spiro atoms. The van der Waals surface area contributed by atoms with Gasteiger partial charge in [-0.2, -0.15) is 0 Å². The first-order valence-electron chi connectivity index (χ1n) is 7.62. The van der Waals surface area contributed by atoms with E-state index in [0.29, 0.717) is 6.04 Å². The molecule has 2 rings (SSSR count). The van der Waals surface area contributed by atoms with Gasteiger partial charge in [0.25, 0.3) is 0 Å². The van der Waals surface area contributed by atoms with Crippen LogP contribution in [-0.2, 0) is 6.42 Å². The zero-order valence-electron chi connectivity index (χ0n) is 12.9. The van der Waals surface area contributed by atoms with E-state index in [1.807, 2.05) is 13.2 Å². The van der Waals surface area contributed by atoms with E-state index in [1.165, 1.54) is 11.1 Å². The highest BCUT2D eigenvalue weighted by Crippen LogP contribution is 2.20. The molecular formula is C18H24N2O. The molecule has 3 heteroatoms. The largest absolute Gasteiger partial charge is 0.492 e. The fourth-order valence-electron chi connectivity index (χ4n) is 2.37. The number of nitrogens with one attached hydrogen (secondary N) is 1. The molecule has 1 aromatic heterocycles. The van der Waals surface area contributed by atoms with Crippen LogP contribution in [0.1, 0.15) is 36.9 Å². The van der Waals surface area contributed by atoms with Gasteiger partial charge < -0.3 is 10.1 Å². The van der Waals surface area contributed by atoms with Gasteiger partial charge >= 0.3 is 0 Å². The molecule has 1 aromatic carbocycles. The van der Waals surface area contributed by atoms with Gasteiger partial charge in [-0.3, -0.25) is 4.98 Å². The van der Waals surface area contributed by atoms with Gasteiger partial charge in [0, 0.05) is 12.2 Å². The van der Waals surface area contributed by atoms with Crippen molar-refractivity contribution < 1.29 is 4.74 Å². The van der Waals surface area contributed by atoms with Gasteiger partial charge in [0.1, 0.15) is 5.75 Å². The maximum absolute atomic E-state index is 5.64. The average Bonchev–Trinajstić information content (AvgIpc) is 2.55. The molecule has 0 aliphatic heterocycles. The number of aromatic nitrogens is 1. The molecule has 0 radical (unpaired) electrons. The van der Waals surface area contributed by atoms with Gasteiger partial charge in [-0.15, -0.1) is 0 Å². The molecule has 0 saturated carbocycles. The van der Waals surface area contributed by atoms with Gasteiger partial charge in [-0.1, -0.05) is 37.3 Å². The summed E-state index contributed by atoms with van der Waals surface area (Å²) in [6, 6.07) is 13.0. The second-order valence-electron chi connectivity index (χ2n) is 5.17. The molecule has 0 saturated heterocycles. The van der Waals surface area contributed by atoms with Crippen molar-refractivity contribution >= 4 is 0 Å². The second-order valence-corrected chi connectivity index (χ2v) is 5.17. The molecule has 112 valence electrons. The smallest absolute Gasteiger partial charge is 0.137 e. The molecular weight excluding hydrogens is 260 g/mol. The summed E-state index contributed by atoms with van der Waals surface area (Å²) >= 11 is 0. The van der Waals surface area contributed by atoms with Gasteiger partial charge in [0.05, 0.1) is 12.8 Å². The Hall–Kier alpha value is -1.87. The average molecular weight is 284 g/mol. The minimum Gasteiger partial charge on any atom is -0.492 e. The second kappa shape index (κ2) is 8.42. The van der Waals surface area contributed by atoms with Crippen LogP contribution in [0.15, 0.2) is 48.8 Å². The molecule has 0 aliphatic rings. The molecule has 1 N–H and O–H groups in total. The lowest BCUT2D eigenvalue weighted by Crippen LogP contribution is -2.17. The Morgan fingerprint density at radius 2 is 2.00 bits per heavy atom. The summed E-state index contributed by atoms with van der Waals surface area (Å²) in [5, 5.41) is 3.39. The zero-order valence-corrected chi connectivity index (χ0v) is 12.9. The number of pyridine rings is 1. The van der Waals surface area contributed by atoms with Crippen LogP contribution in [0.3, 0.4) is 0 Å². The van der Waals surface area contributed by atoms with Crippen molar-refractivity contribution in [2.45, 2.75) is 32.2 Å². The van der Waals surface area contributed by atoms with Crippen LogP contribution >= 0.6 is 0 Å². The molecule has 1 atom stereocenters. The fraction of sp³-hybridized carbons (Fsp3) is 0.389. The third-order valence-corrected chi connectivity index (χ3v) is 3.51. The van der Waals surface area contributed by atoms with Crippen molar-refractivity contribution in [2.75, 3.05) is 13.7 Å². The van der Waals surface area contributed by atoms with E-state index >= 15 is 0 Å². The van der Waals surface area contributed by atoms with Crippen molar-refractivity contribution in [3.63, 3.8) is 0 Å². The Labute approximate surface area is 127 Å². The quantitative estimate of drug-likeness (QED) is 0.801. The molecule has 3 nitrogen and oxygen atoms in total. The number of ether oxygens (including phenoxy) is 1. The predicted octanol–water partition coefficient (Wildman–Crippen LogP) is 3.76. The SMILES string of the molecule is CCCOc1cncc(CCC(NC)c2ccccc2)c1. The minimum absolute atomic E-state index is 0.367. The van der Waals surface area contributed by atoms with Crippen LogP contribution in [0.4, 0.5) is 0 Å². The highest BCUT2D eigenvalue weighted by atomic mass is 16.5. The van der Waals surface area contributed by atoms with Crippen molar-refractivity contribution in [2.24, 2.45) is 0 Å². The molecule has 0 fully saturated rings. The fourth-order valence-corrected chi connectivity index (χ4v) is 2.37. The highest BCUT2D eigenvalue weighted by Gasteiger charge is 2.09. The van der Waals surface area contributed by atoms with Crippen LogP contribution in [0.2, 0.25) is 0 Å². The summed E-state index contributed by atoms with van der Waals surface area (Å²) in [6.07, 6.45) is 6.75. The maximum Gasteiger partial charge on any atom is 0.137 e. The monoisotopic (exact) mass is 284 g/mol. The number of nitrogens with zero attached hydrogens (tertiary/aromatic N) is 1. The van der Waals surface area contributed by atoms with E-state index in [2.05, 4.69) is 53.6 Å². The number of hydrogen-bond donors (Lipinski definition) is 1. The lowest BCUT2D eigenvalue weighted by molar-refractivity contribution is 0.316. The third-order valence-electron chi connectivity index (χ3n) is 3.51. The molecule has 0 bridgehead atoms. The van der Waals surface area contributed by atoms with Crippen LogP contribution < -0.4 is 10.1 Å². The number of aryl methyl sites for hydroxylation is 1. The molecule has 0 aliphatic carbocycles. The summed E-state index contributed by atoms with van der Waals surface area (Å²) in [4.78, 5) is 4.27. The van der Waals surface area contributed by atoms with E-state index in [-0.39, 0.29) is 0 Å². The molecule has 1 unspecified atom stereocenters. The van der Waals surface area contributed by atoms with E-state index < -0.39 is 0 Å². The summed E-state index contributed by atoms with van der Waals surface area (Å²) in [6.45, 7) is 2.85. The summed E-state index contributed by atoms with van der Waals surface area (Å²) in [5.74, 6) is 0.870. The maximum atomic E-state index is 5.64. The topological polar surface area (TPSA) is 34.1 Å². The molecule has 0 amide bonds. The summed E-state index contributed by atoms with van der Waals surface area (Å²) in [5.41, 5.74) is 2.55. The van der Waals surface area contributed by atoms with Crippen LogP contribution in [-0.4, -0.2) is 18.6 Å². The predicted molar refractivity (Wildman–Crippen MR) is 86.6 cm³/mol. The number of hydrogen-bond acceptors (Lipinski definition) is 3. The van der Waals surface area contributed by atoms with E-state index in [0.717, 1.165) is 31.6 Å². The van der Waals surface area contributed by atoms with Crippen LogP contribution in [0.25, 0.3) is 0 Å². The Balaban J connectivity index is 1.95. The Kier molecular flexibility index (Phi) is 6.22. The van der Waals surface area contributed by atoms with Crippen molar-refractivity contribution in [3.05, 3.63) is 59.9 Å². The normalized spacial score (nSPS) is 12.1. The molecule has 1 heterocycles. The van der Waals surface area contributed by atoms with Crippen molar-refractivity contribution in [1.82, 2.24) is 10.3 Å². The number of rotatable bonds is 8. The third kappa shape index (κ3) is 4.87. The van der Waals surface area contributed by atoms with Crippen molar-refractivity contribution in [3.8, 4) is 5.75 Å². The van der Waals surface area contributed by atoms with E-state index in [4.69, 9.17) is 4.74 Å². The van der Waals surface area contributed by atoms with E-state index in [9.17, 15) is 0 Å². The van der Waals surface area contributed by atoms with Gasteiger partial charge in [-0.25, -0.2) is 0 Å². The van der Waals surface area contributed by atoms with Crippen LogP contribution in [0, 0.1) is 0 Å². The Morgan fingerprint density at radius 1 is 1.19 bits per heavy atom. The first kappa shape index (κ1) is 15.5. The summed E-state index contributed by atoms with van der Waals surface area (Å²) < 4.78 is 5.64. The van der Waals surface area contributed by atoms with Crippen LogP contribution in [0.5, 0.6) is 5.75 Å². The highest BCUT2D eigenvalue weighted by molar-refractivity contribution is 5.24. The zero-order chi connectivity index (χ0) is 14.9. The summed E-state index contributed by atoms with van der Waals surface area (Å²) in [7, 11) is 2.01. The number of benzene rings is 1. The van der Waals surface area contributed by atoms with Crippen molar-refractivity contribution in [1.29, 1.82) is 0 Å². The first-order chi connectivity index (χ1) is 10.3. The standard InChI is InChI=1S/C18H24N2O/c1-3-11-21-17-12-15(13-20-14-17)9-10-18(19-2)16-7-5-4-6-8-16/h4-8,12-14,18-19H,3,9-11H2,1-2H3. The van der Waals surface area contributed by atoms with E-state index in [1.54, 1.807) is 6.20 Å². The lowest BCUT2D eigenvalue weighted by Gasteiger charge is -2.16. The minimum atomic E-state index is 0.367. The lowest BCUT2D eigenvalue weighted by atomic mass is 10.00. The van der Waals surface area contributed by atoms with Gasteiger partial charge in [-0.05, 0) is 43.5 Å². The first-order valence-corrected chi connectivity index (χ1v) is 7.62. The van der Waals surface area contributed by atoms with Gasteiger partial charge in [0.2, 0.25) is 0 Å². The Morgan fingerprint density at radius 3 is 2.71 bits per heavy atom. The molecule has 21 heavy (non-hydrogen) atoms. The molecule has 2 aromatic rings. The van der Waals surface area contributed by atoms with Gasteiger partial charge in [0.15, 0.2) is 0 Å². The Bertz CT molecular complexity index is 528.